The lowest BCUT2D eigenvalue weighted by atomic mass is 10.3. The number of fused-ring (bicyclic) bond motifs is 1. The van der Waals surface area contributed by atoms with Gasteiger partial charge in [-0.05, 0) is 36.5 Å². The van der Waals surface area contributed by atoms with Gasteiger partial charge in [0, 0.05) is 5.69 Å². The average molecular weight is 279 g/mol. The third-order valence-corrected chi connectivity index (χ3v) is 3.30. The van der Waals surface area contributed by atoms with E-state index < -0.39 is 11.9 Å². The predicted octanol–water partition coefficient (Wildman–Crippen LogP) is 2.79. The second kappa shape index (κ2) is 5.11. The van der Waals surface area contributed by atoms with Gasteiger partial charge in [-0.1, -0.05) is 6.58 Å². The number of benzene rings is 1. The molecule has 0 aliphatic heterocycles. The maximum Gasteiger partial charge on any atom is 0.326 e. The number of H-pyrrole nitrogens is 1. The Morgan fingerprint density at radius 3 is 2.94 bits per heavy atom. The summed E-state index contributed by atoms with van der Waals surface area (Å²) in [6, 6.07) is 4.72. The van der Waals surface area contributed by atoms with Crippen LogP contribution in [0.5, 0.6) is 0 Å². The molecule has 0 atom stereocenters. The van der Waals surface area contributed by atoms with E-state index in [1.165, 1.54) is 11.3 Å². The Morgan fingerprint density at radius 2 is 2.22 bits per heavy atom. The summed E-state index contributed by atoms with van der Waals surface area (Å²) in [5, 5.41) is 4.65. The minimum Gasteiger partial charge on any atom is -0.337 e. The first-order valence-corrected chi connectivity index (χ1v) is 6.18. The van der Waals surface area contributed by atoms with E-state index in [0.717, 1.165) is 16.3 Å². The molecule has 3 amide bonds. The number of hydrogen-bond acceptors (Lipinski definition) is 4. The molecule has 18 heavy (non-hydrogen) atoms. The van der Waals surface area contributed by atoms with Gasteiger partial charge in [0.05, 0.1) is 10.2 Å². The van der Waals surface area contributed by atoms with Crippen molar-refractivity contribution in [1.29, 1.82) is 0 Å². The zero-order valence-electron chi connectivity index (χ0n) is 9.15. The van der Waals surface area contributed by atoms with Gasteiger partial charge in [0.15, 0.2) is 3.95 Å². The van der Waals surface area contributed by atoms with Crippen LogP contribution in [0.1, 0.15) is 0 Å². The third kappa shape index (κ3) is 2.82. The smallest absolute Gasteiger partial charge is 0.326 e. The van der Waals surface area contributed by atoms with Gasteiger partial charge in [-0.15, -0.1) is 11.3 Å². The number of aromatic amines is 1. The highest BCUT2D eigenvalue weighted by Crippen LogP contribution is 2.22. The number of urea groups is 1. The first-order chi connectivity index (χ1) is 8.58. The lowest BCUT2D eigenvalue weighted by Gasteiger charge is -2.04. The van der Waals surface area contributed by atoms with E-state index in [1.807, 2.05) is 6.07 Å². The van der Waals surface area contributed by atoms with E-state index in [-0.39, 0.29) is 0 Å². The van der Waals surface area contributed by atoms with Gasteiger partial charge in [-0.25, -0.2) is 4.79 Å². The summed E-state index contributed by atoms with van der Waals surface area (Å²) >= 11 is 6.44. The summed E-state index contributed by atoms with van der Waals surface area (Å²) in [6.45, 7) is 3.26. The highest BCUT2D eigenvalue weighted by molar-refractivity contribution is 7.73. The molecule has 0 saturated carbocycles. The van der Waals surface area contributed by atoms with Crippen molar-refractivity contribution >= 4 is 51.4 Å². The summed E-state index contributed by atoms with van der Waals surface area (Å²) in [6.07, 6.45) is 1.03. The molecule has 1 aromatic carbocycles. The lowest BCUT2D eigenvalue weighted by Crippen LogP contribution is -2.32. The maximum absolute atomic E-state index is 11.4. The Labute approximate surface area is 112 Å². The van der Waals surface area contributed by atoms with Crippen LogP contribution in [0, 0.1) is 3.95 Å². The van der Waals surface area contributed by atoms with E-state index in [4.69, 9.17) is 12.2 Å². The number of thiazole rings is 1. The molecule has 0 radical (unpaired) electrons. The van der Waals surface area contributed by atoms with Gasteiger partial charge < -0.3 is 10.3 Å². The quantitative estimate of drug-likeness (QED) is 0.584. The van der Waals surface area contributed by atoms with Gasteiger partial charge in [0.25, 0.3) is 5.91 Å². The zero-order valence-corrected chi connectivity index (χ0v) is 10.8. The highest BCUT2D eigenvalue weighted by atomic mass is 32.1. The standard InChI is InChI=1S/C11H9N3O2S2/c1-2-9(15)14-10(16)12-6-3-4-7-8(5-6)18-11(17)13-7/h2-5H,1H2,(H,13,17)(H2,12,14,15,16). The molecular weight excluding hydrogens is 270 g/mol. The molecule has 0 aliphatic rings. The normalized spacial score (nSPS) is 10.0. The molecular formula is C11H9N3O2S2. The number of rotatable bonds is 2. The molecule has 92 valence electrons. The minimum absolute atomic E-state index is 0.550. The molecule has 1 aromatic heterocycles. The van der Waals surface area contributed by atoms with Crippen LogP contribution in [0.3, 0.4) is 0 Å². The zero-order chi connectivity index (χ0) is 13.1. The molecule has 2 aromatic rings. The van der Waals surface area contributed by atoms with E-state index in [9.17, 15) is 9.59 Å². The fourth-order valence-electron chi connectivity index (χ4n) is 1.35. The van der Waals surface area contributed by atoms with Crippen LogP contribution < -0.4 is 10.6 Å². The van der Waals surface area contributed by atoms with Crippen LogP contribution in [-0.2, 0) is 4.79 Å². The van der Waals surface area contributed by atoms with Gasteiger partial charge in [-0.3, -0.25) is 10.1 Å². The van der Waals surface area contributed by atoms with Crippen molar-refractivity contribution in [2.75, 3.05) is 5.32 Å². The van der Waals surface area contributed by atoms with Crippen molar-refractivity contribution in [2.24, 2.45) is 0 Å². The minimum atomic E-state index is -0.599. The van der Waals surface area contributed by atoms with Crippen molar-refractivity contribution in [2.45, 2.75) is 0 Å². The van der Waals surface area contributed by atoms with Crippen LogP contribution >= 0.6 is 23.6 Å². The van der Waals surface area contributed by atoms with E-state index in [2.05, 4.69) is 22.2 Å². The lowest BCUT2D eigenvalue weighted by molar-refractivity contribution is -0.115. The van der Waals surface area contributed by atoms with Crippen molar-refractivity contribution < 1.29 is 9.59 Å². The number of carbonyl (C=O) groups excluding carboxylic acids is 2. The number of imide groups is 1. The fraction of sp³-hybridized carbons (Fsp3) is 0. The molecule has 7 heteroatoms. The highest BCUT2D eigenvalue weighted by Gasteiger charge is 2.05. The SMILES string of the molecule is C=CC(=O)NC(=O)Nc1ccc2[nH]c(=S)sc2c1. The first kappa shape index (κ1) is 12.5. The Balaban J connectivity index is 2.16. The Kier molecular flexibility index (Phi) is 3.54. The van der Waals surface area contributed by atoms with Crippen molar-refractivity contribution in [3.63, 3.8) is 0 Å². The van der Waals surface area contributed by atoms with E-state index >= 15 is 0 Å². The third-order valence-electron chi connectivity index (χ3n) is 2.10. The summed E-state index contributed by atoms with van der Waals surface area (Å²) in [5.41, 5.74) is 1.50. The molecule has 5 nitrogen and oxygen atoms in total. The van der Waals surface area contributed by atoms with Gasteiger partial charge in [0.1, 0.15) is 0 Å². The molecule has 0 fully saturated rings. The maximum atomic E-state index is 11.4. The molecule has 0 unspecified atom stereocenters. The van der Waals surface area contributed by atoms with Crippen LogP contribution in [-0.4, -0.2) is 16.9 Å². The number of aromatic nitrogens is 1. The van der Waals surface area contributed by atoms with Crippen molar-refractivity contribution in [3.05, 3.63) is 34.8 Å². The van der Waals surface area contributed by atoms with Gasteiger partial charge in [0.2, 0.25) is 0 Å². The molecule has 0 spiro atoms. The second-order valence-corrected chi connectivity index (χ2v) is 5.09. The molecule has 2 rings (SSSR count). The summed E-state index contributed by atoms with van der Waals surface area (Å²) in [7, 11) is 0. The number of carbonyl (C=O) groups is 2. The van der Waals surface area contributed by atoms with Gasteiger partial charge in [-0.2, -0.15) is 0 Å². The number of amides is 3. The monoisotopic (exact) mass is 279 g/mol. The topological polar surface area (TPSA) is 74.0 Å². The van der Waals surface area contributed by atoms with Gasteiger partial charge >= 0.3 is 6.03 Å². The van der Waals surface area contributed by atoms with Crippen LogP contribution in [0.25, 0.3) is 10.2 Å². The average Bonchev–Trinajstić information content (AvgIpc) is 2.68. The molecule has 0 saturated heterocycles. The second-order valence-electron chi connectivity index (χ2n) is 3.37. The fourth-order valence-corrected chi connectivity index (χ4v) is 2.50. The number of hydrogen-bond donors (Lipinski definition) is 3. The van der Waals surface area contributed by atoms with E-state index in [0.29, 0.717) is 9.64 Å². The predicted molar refractivity (Wildman–Crippen MR) is 74.4 cm³/mol. The van der Waals surface area contributed by atoms with E-state index in [1.54, 1.807) is 12.1 Å². The molecule has 3 N–H and O–H groups in total. The van der Waals surface area contributed by atoms with Crippen LogP contribution in [0.4, 0.5) is 10.5 Å². The molecule has 0 aliphatic carbocycles. The number of anilines is 1. The summed E-state index contributed by atoms with van der Waals surface area (Å²) in [4.78, 5) is 25.3. The first-order valence-electron chi connectivity index (χ1n) is 4.96. The molecule has 0 bridgehead atoms. The van der Waals surface area contributed by atoms with Crippen LogP contribution in [0.15, 0.2) is 30.9 Å². The Bertz CT molecular complexity index is 687. The Hall–Kier alpha value is -1.99. The van der Waals surface area contributed by atoms with Crippen molar-refractivity contribution in [3.8, 4) is 0 Å². The summed E-state index contributed by atoms with van der Waals surface area (Å²) in [5.74, 6) is -0.550. The Morgan fingerprint density at radius 1 is 1.44 bits per heavy atom. The summed E-state index contributed by atoms with van der Waals surface area (Å²) < 4.78 is 1.61. The number of nitrogens with one attached hydrogen (secondary N) is 3. The van der Waals surface area contributed by atoms with Crippen LogP contribution in [0.2, 0.25) is 0 Å². The van der Waals surface area contributed by atoms with Crippen molar-refractivity contribution in [1.82, 2.24) is 10.3 Å². The molecule has 1 heterocycles. The largest absolute Gasteiger partial charge is 0.337 e.